The lowest BCUT2D eigenvalue weighted by Gasteiger charge is -2.11. The lowest BCUT2D eigenvalue weighted by atomic mass is 10.1. The Morgan fingerprint density at radius 2 is 1.72 bits per heavy atom. The topological polar surface area (TPSA) is 81.5 Å². The van der Waals surface area contributed by atoms with Gasteiger partial charge in [-0.25, -0.2) is 9.18 Å². The number of hydrogen-bond acceptors (Lipinski definition) is 5. The smallest absolute Gasteiger partial charge is 0.322 e. The molecule has 0 atom stereocenters. The molecule has 0 bridgehead atoms. The van der Waals surface area contributed by atoms with Gasteiger partial charge in [0, 0.05) is 12.4 Å². The van der Waals surface area contributed by atoms with E-state index in [0.29, 0.717) is 10.6 Å². The van der Waals surface area contributed by atoms with Crippen LogP contribution in [-0.2, 0) is 11.9 Å². The van der Waals surface area contributed by atoms with Gasteiger partial charge in [0.1, 0.15) is 5.82 Å². The molecular weight excluding hydrogens is 329 g/mol. The molecule has 124 valence electrons. The number of carbonyl (C=O) groups excluding carboxylic acids is 3. The minimum absolute atomic E-state index is 0.150. The molecule has 0 N–H and O–H groups in total. The van der Waals surface area contributed by atoms with Crippen LogP contribution in [0.1, 0.15) is 31.2 Å². The highest BCUT2D eigenvalue weighted by molar-refractivity contribution is 6.21. The van der Waals surface area contributed by atoms with Crippen molar-refractivity contribution < 1.29 is 23.6 Å². The second-order valence-corrected chi connectivity index (χ2v) is 5.46. The third kappa shape index (κ3) is 2.18. The molecule has 8 heteroatoms. The number of rotatable bonds is 2. The molecule has 0 saturated carbocycles. The zero-order valence-electron chi connectivity index (χ0n) is 12.9. The Hall–Kier alpha value is -3.55. The first-order chi connectivity index (χ1) is 12.0. The highest BCUT2D eigenvalue weighted by Crippen LogP contribution is 2.25. The van der Waals surface area contributed by atoms with Crippen LogP contribution in [0.2, 0.25) is 0 Å². The number of hydroxylamine groups is 2. The molecule has 2 amide bonds. The Kier molecular flexibility index (Phi) is 3.14. The Morgan fingerprint density at radius 1 is 1.08 bits per heavy atom. The standard InChI is InChI=1S/C17H10FN3O4/c1-20-13-7-6-9(18)8-12(13)14(19-20)17(24)25-21-15(22)10-4-2-3-5-11(10)16(21)23/h2-8H,1H3. The molecule has 0 aliphatic carbocycles. The van der Waals surface area contributed by atoms with E-state index in [-0.39, 0.29) is 22.2 Å². The van der Waals surface area contributed by atoms with Gasteiger partial charge in [0.15, 0.2) is 5.69 Å². The average Bonchev–Trinajstić information content (AvgIpc) is 3.05. The summed E-state index contributed by atoms with van der Waals surface area (Å²) in [6, 6.07) is 9.99. The van der Waals surface area contributed by atoms with Gasteiger partial charge >= 0.3 is 5.97 Å². The molecule has 0 fully saturated rings. The molecule has 2 aromatic carbocycles. The van der Waals surface area contributed by atoms with Crippen LogP contribution >= 0.6 is 0 Å². The molecule has 0 radical (unpaired) electrons. The number of hydrogen-bond donors (Lipinski definition) is 0. The minimum Gasteiger partial charge on any atom is -0.322 e. The number of aromatic nitrogens is 2. The van der Waals surface area contributed by atoms with Crippen LogP contribution in [0, 0.1) is 5.82 Å². The van der Waals surface area contributed by atoms with Gasteiger partial charge in [0.25, 0.3) is 11.8 Å². The summed E-state index contributed by atoms with van der Waals surface area (Å²) in [5.74, 6) is -3.04. The zero-order chi connectivity index (χ0) is 17.7. The Bertz CT molecular complexity index is 1040. The summed E-state index contributed by atoms with van der Waals surface area (Å²) in [5, 5.41) is 4.62. The quantitative estimate of drug-likeness (QED) is 0.668. The van der Waals surface area contributed by atoms with Crippen molar-refractivity contribution in [2.45, 2.75) is 0 Å². The predicted octanol–water partition coefficient (Wildman–Crippen LogP) is 2.08. The maximum absolute atomic E-state index is 13.5. The first kappa shape index (κ1) is 15.0. The van der Waals surface area contributed by atoms with Gasteiger partial charge in [-0.15, -0.1) is 0 Å². The summed E-state index contributed by atoms with van der Waals surface area (Å²) in [7, 11) is 1.58. The Labute approximate surface area is 140 Å². The van der Waals surface area contributed by atoms with Crippen molar-refractivity contribution in [3.8, 4) is 0 Å². The number of aryl methyl sites for hydroxylation is 1. The number of halogens is 1. The number of carbonyl (C=O) groups is 3. The van der Waals surface area contributed by atoms with Gasteiger partial charge in [-0.3, -0.25) is 14.3 Å². The van der Waals surface area contributed by atoms with Crippen molar-refractivity contribution in [2.24, 2.45) is 7.05 Å². The second kappa shape index (κ2) is 5.23. The van der Waals surface area contributed by atoms with Gasteiger partial charge in [0.2, 0.25) is 0 Å². The number of fused-ring (bicyclic) bond motifs is 2. The van der Waals surface area contributed by atoms with Gasteiger partial charge < -0.3 is 4.84 Å². The van der Waals surface area contributed by atoms with Gasteiger partial charge in [-0.05, 0) is 30.3 Å². The van der Waals surface area contributed by atoms with Crippen molar-refractivity contribution in [3.63, 3.8) is 0 Å². The molecule has 3 aromatic rings. The summed E-state index contributed by atoms with van der Waals surface area (Å²) in [6.45, 7) is 0. The van der Waals surface area contributed by atoms with E-state index in [1.54, 1.807) is 19.2 Å². The van der Waals surface area contributed by atoms with Crippen LogP contribution in [0.3, 0.4) is 0 Å². The van der Waals surface area contributed by atoms with Crippen LogP contribution in [0.4, 0.5) is 4.39 Å². The fraction of sp³-hybridized carbons (Fsp3) is 0.0588. The van der Waals surface area contributed by atoms with Crippen LogP contribution in [0.5, 0.6) is 0 Å². The fourth-order valence-corrected chi connectivity index (χ4v) is 2.76. The number of benzene rings is 2. The maximum Gasteiger partial charge on any atom is 0.384 e. The van der Waals surface area contributed by atoms with E-state index in [1.165, 1.54) is 28.9 Å². The van der Waals surface area contributed by atoms with Crippen molar-refractivity contribution in [2.75, 3.05) is 0 Å². The second-order valence-electron chi connectivity index (χ2n) is 5.46. The predicted molar refractivity (Wildman–Crippen MR) is 83.0 cm³/mol. The lowest BCUT2D eigenvalue weighted by Crippen LogP contribution is -2.32. The summed E-state index contributed by atoms with van der Waals surface area (Å²) < 4.78 is 14.9. The van der Waals surface area contributed by atoms with Crippen molar-refractivity contribution in [3.05, 3.63) is 65.1 Å². The van der Waals surface area contributed by atoms with Crippen molar-refractivity contribution >= 4 is 28.7 Å². The molecule has 25 heavy (non-hydrogen) atoms. The fourth-order valence-electron chi connectivity index (χ4n) is 2.76. The summed E-state index contributed by atoms with van der Waals surface area (Å²) in [4.78, 5) is 41.9. The van der Waals surface area contributed by atoms with Gasteiger partial charge in [-0.1, -0.05) is 17.2 Å². The van der Waals surface area contributed by atoms with E-state index >= 15 is 0 Å². The normalized spacial score (nSPS) is 13.4. The third-order valence-corrected chi connectivity index (χ3v) is 3.94. The van der Waals surface area contributed by atoms with E-state index in [0.717, 1.165) is 6.07 Å². The Morgan fingerprint density at radius 3 is 2.36 bits per heavy atom. The van der Waals surface area contributed by atoms with E-state index < -0.39 is 23.6 Å². The van der Waals surface area contributed by atoms with E-state index in [9.17, 15) is 18.8 Å². The minimum atomic E-state index is -1.02. The summed E-state index contributed by atoms with van der Waals surface area (Å²) >= 11 is 0. The molecular formula is C17H10FN3O4. The van der Waals surface area contributed by atoms with Crippen LogP contribution in [-0.4, -0.2) is 32.6 Å². The molecule has 0 saturated heterocycles. The molecule has 0 spiro atoms. The third-order valence-electron chi connectivity index (χ3n) is 3.94. The molecule has 1 aromatic heterocycles. The first-order valence-corrected chi connectivity index (χ1v) is 7.30. The van der Waals surface area contributed by atoms with E-state index in [2.05, 4.69) is 5.10 Å². The monoisotopic (exact) mass is 339 g/mol. The maximum atomic E-state index is 13.5. The largest absolute Gasteiger partial charge is 0.384 e. The number of amides is 2. The molecule has 4 rings (SSSR count). The summed E-state index contributed by atoms with van der Waals surface area (Å²) in [6.07, 6.45) is 0. The number of nitrogens with zero attached hydrogens (tertiary/aromatic N) is 3. The highest BCUT2D eigenvalue weighted by Gasteiger charge is 2.39. The average molecular weight is 339 g/mol. The molecule has 7 nitrogen and oxygen atoms in total. The summed E-state index contributed by atoms with van der Waals surface area (Å²) in [5.41, 5.74) is 0.624. The van der Waals surface area contributed by atoms with Crippen LogP contribution in [0.15, 0.2) is 42.5 Å². The van der Waals surface area contributed by atoms with Crippen LogP contribution < -0.4 is 0 Å². The molecule has 0 unspecified atom stereocenters. The van der Waals surface area contributed by atoms with Gasteiger partial charge in [-0.2, -0.15) is 5.10 Å². The molecule has 2 heterocycles. The van der Waals surface area contributed by atoms with E-state index in [4.69, 9.17) is 4.84 Å². The zero-order valence-corrected chi connectivity index (χ0v) is 12.9. The van der Waals surface area contributed by atoms with Crippen molar-refractivity contribution in [1.82, 2.24) is 14.8 Å². The SMILES string of the molecule is Cn1nc(C(=O)ON2C(=O)c3ccccc3C2=O)c2cc(F)ccc21. The first-order valence-electron chi connectivity index (χ1n) is 7.30. The number of imide groups is 1. The van der Waals surface area contributed by atoms with E-state index in [1.807, 2.05) is 0 Å². The lowest BCUT2D eigenvalue weighted by molar-refractivity contribution is -0.0587. The Balaban J connectivity index is 1.69. The van der Waals surface area contributed by atoms with Crippen molar-refractivity contribution in [1.29, 1.82) is 0 Å². The van der Waals surface area contributed by atoms with Gasteiger partial charge in [0.05, 0.1) is 16.6 Å². The highest BCUT2D eigenvalue weighted by atomic mass is 19.1. The molecule has 1 aliphatic rings. The van der Waals surface area contributed by atoms with Crippen LogP contribution in [0.25, 0.3) is 10.9 Å². The molecule has 1 aliphatic heterocycles.